The number of nitrogens with zero attached hydrogens (tertiary/aromatic N) is 1. The van der Waals surface area contributed by atoms with Gasteiger partial charge in [-0.25, -0.2) is 9.78 Å². The molecule has 82 valence electrons. The number of aliphatic hydroxyl groups is 1. The van der Waals surface area contributed by atoms with Crippen LogP contribution >= 0.6 is 11.6 Å². The molecule has 1 unspecified atom stereocenters. The molecule has 0 radical (unpaired) electrons. The van der Waals surface area contributed by atoms with Crippen LogP contribution < -0.4 is 0 Å². The predicted molar refractivity (Wildman–Crippen MR) is 55.9 cm³/mol. The van der Waals surface area contributed by atoms with Gasteiger partial charge < -0.3 is 10.2 Å². The van der Waals surface area contributed by atoms with E-state index in [-0.39, 0.29) is 6.42 Å². The van der Waals surface area contributed by atoms with Crippen molar-refractivity contribution in [3.8, 4) is 0 Å². The standard InChI is InChI=1S/C10H12ClNO3/c1-6-3-7(4-8(11)12-6)5-10(2,15)9(13)14/h3-4,15H,5H2,1-2H3,(H,13,14). The maximum atomic E-state index is 10.7. The molecule has 1 atom stereocenters. The number of hydrogen-bond donors (Lipinski definition) is 2. The highest BCUT2D eigenvalue weighted by Crippen LogP contribution is 2.17. The molecule has 0 aliphatic carbocycles. The number of carboxylic acids is 1. The van der Waals surface area contributed by atoms with Gasteiger partial charge in [0.15, 0.2) is 5.60 Å². The Kier molecular flexibility index (Phi) is 3.31. The molecular weight excluding hydrogens is 218 g/mol. The number of hydrogen-bond acceptors (Lipinski definition) is 3. The Morgan fingerprint density at radius 2 is 2.20 bits per heavy atom. The Balaban J connectivity index is 2.94. The van der Waals surface area contributed by atoms with E-state index in [9.17, 15) is 9.90 Å². The molecule has 1 aromatic heterocycles. The summed E-state index contributed by atoms with van der Waals surface area (Å²) in [5.41, 5.74) is -0.435. The van der Waals surface area contributed by atoms with Crippen LogP contribution in [0.5, 0.6) is 0 Å². The van der Waals surface area contributed by atoms with Gasteiger partial charge in [0.05, 0.1) is 0 Å². The maximum Gasteiger partial charge on any atom is 0.335 e. The van der Waals surface area contributed by atoms with Crippen LogP contribution in [0.4, 0.5) is 0 Å². The molecule has 15 heavy (non-hydrogen) atoms. The number of carbonyl (C=O) groups is 1. The second-order valence-electron chi connectivity index (χ2n) is 3.70. The molecule has 4 nitrogen and oxygen atoms in total. The Morgan fingerprint density at radius 1 is 1.60 bits per heavy atom. The fraction of sp³-hybridized carbons (Fsp3) is 0.400. The first-order valence-corrected chi connectivity index (χ1v) is 4.78. The van der Waals surface area contributed by atoms with E-state index in [4.69, 9.17) is 16.7 Å². The fourth-order valence-electron chi connectivity index (χ4n) is 1.27. The molecule has 0 aliphatic heterocycles. The second-order valence-corrected chi connectivity index (χ2v) is 4.08. The zero-order valence-corrected chi connectivity index (χ0v) is 9.25. The minimum absolute atomic E-state index is 0.00537. The zero-order valence-electron chi connectivity index (χ0n) is 8.49. The van der Waals surface area contributed by atoms with Gasteiger partial charge in [-0.3, -0.25) is 0 Å². The van der Waals surface area contributed by atoms with Crippen molar-refractivity contribution in [3.63, 3.8) is 0 Å². The molecule has 2 N–H and O–H groups in total. The van der Waals surface area contributed by atoms with Crippen LogP contribution in [0.1, 0.15) is 18.2 Å². The number of pyridine rings is 1. The molecule has 0 spiro atoms. The minimum Gasteiger partial charge on any atom is -0.479 e. The van der Waals surface area contributed by atoms with Crippen molar-refractivity contribution in [3.05, 3.63) is 28.5 Å². The summed E-state index contributed by atoms with van der Waals surface area (Å²) in [5, 5.41) is 18.6. The van der Waals surface area contributed by atoms with Crippen LogP contribution in [0, 0.1) is 6.92 Å². The zero-order chi connectivity index (χ0) is 11.6. The summed E-state index contributed by atoms with van der Waals surface area (Å²) >= 11 is 5.72. The van der Waals surface area contributed by atoms with Crippen LogP contribution in [0.15, 0.2) is 12.1 Å². The molecule has 0 aliphatic rings. The number of carboxylic acid groups (broad SMARTS) is 1. The monoisotopic (exact) mass is 229 g/mol. The number of halogens is 1. The molecule has 0 bridgehead atoms. The van der Waals surface area contributed by atoms with Crippen molar-refractivity contribution in [1.82, 2.24) is 4.98 Å². The Bertz CT molecular complexity index is 370. The van der Waals surface area contributed by atoms with Crippen LogP contribution in [-0.2, 0) is 11.2 Å². The summed E-state index contributed by atoms with van der Waals surface area (Å²) < 4.78 is 0. The maximum absolute atomic E-state index is 10.7. The Hall–Kier alpha value is -1.13. The molecule has 1 heterocycles. The van der Waals surface area contributed by atoms with Crippen molar-refractivity contribution < 1.29 is 15.0 Å². The quantitative estimate of drug-likeness (QED) is 0.769. The van der Waals surface area contributed by atoms with Gasteiger partial charge >= 0.3 is 5.97 Å². The summed E-state index contributed by atoms with van der Waals surface area (Å²) in [6.45, 7) is 3.00. The average molecular weight is 230 g/mol. The largest absolute Gasteiger partial charge is 0.479 e. The normalized spacial score (nSPS) is 14.7. The molecule has 5 heteroatoms. The van der Waals surface area contributed by atoms with E-state index >= 15 is 0 Å². The SMILES string of the molecule is Cc1cc(CC(C)(O)C(=O)O)cc(Cl)n1. The number of rotatable bonds is 3. The molecule has 0 saturated heterocycles. The lowest BCUT2D eigenvalue weighted by atomic mass is 9.97. The first-order valence-electron chi connectivity index (χ1n) is 4.40. The van der Waals surface area contributed by atoms with Crippen molar-refractivity contribution in [2.75, 3.05) is 0 Å². The molecule has 1 rings (SSSR count). The van der Waals surface area contributed by atoms with Gasteiger partial charge in [-0.1, -0.05) is 11.6 Å². The lowest BCUT2D eigenvalue weighted by Gasteiger charge is -2.17. The fourth-order valence-corrected chi connectivity index (χ4v) is 1.54. The number of aryl methyl sites for hydroxylation is 1. The van der Waals surface area contributed by atoms with Crippen LogP contribution in [0.25, 0.3) is 0 Å². The Labute approximate surface area is 92.5 Å². The van der Waals surface area contributed by atoms with E-state index in [2.05, 4.69) is 4.98 Å². The number of aromatic nitrogens is 1. The van der Waals surface area contributed by atoms with Gasteiger partial charge in [0, 0.05) is 12.1 Å². The van der Waals surface area contributed by atoms with E-state index in [1.807, 2.05) is 0 Å². The Morgan fingerprint density at radius 3 is 2.67 bits per heavy atom. The lowest BCUT2D eigenvalue weighted by molar-refractivity contribution is -0.156. The van der Waals surface area contributed by atoms with Gasteiger partial charge in [0.2, 0.25) is 0 Å². The lowest BCUT2D eigenvalue weighted by Crippen LogP contribution is -2.37. The van der Waals surface area contributed by atoms with Gasteiger partial charge in [0.1, 0.15) is 5.15 Å². The van der Waals surface area contributed by atoms with Crippen molar-refractivity contribution in [1.29, 1.82) is 0 Å². The first-order chi connectivity index (χ1) is 6.81. The average Bonchev–Trinajstić information content (AvgIpc) is 1.99. The molecule has 1 aromatic rings. The van der Waals surface area contributed by atoms with Gasteiger partial charge in [-0.05, 0) is 31.5 Å². The van der Waals surface area contributed by atoms with Crippen molar-refractivity contribution in [2.45, 2.75) is 25.9 Å². The summed E-state index contributed by atoms with van der Waals surface area (Å²) in [6, 6.07) is 3.25. The van der Waals surface area contributed by atoms with E-state index in [0.29, 0.717) is 16.4 Å². The van der Waals surface area contributed by atoms with Gasteiger partial charge in [-0.15, -0.1) is 0 Å². The molecule has 0 saturated carbocycles. The van der Waals surface area contributed by atoms with Gasteiger partial charge in [0.25, 0.3) is 0 Å². The summed E-state index contributed by atoms with van der Waals surface area (Å²) in [6.07, 6.45) is 0.00537. The predicted octanol–water partition coefficient (Wildman–Crippen LogP) is 1.42. The molecule has 0 aromatic carbocycles. The third kappa shape index (κ3) is 3.18. The van der Waals surface area contributed by atoms with Crippen LogP contribution in [0.3, 0.4) is 0 Å². The smallest absolute Gasteiger partial charge is 0.335 e. The van der Waals surface area contributed by atoms with Crippen molar-refractivity contribution in [2.24, 2.45) is 0 Å². The van der Waals surface area contributed by atoms with E-state index in [0.717, 1.165) is 0 Å². The van der Waals surface area contributed by atoms with Crippen LogP contribution in [0.2, 0.25) is 5.15 Å². The first kappa shape index (κ1) is 11.9. The highest BCUT2D eigenvalue weighted by atomic mass is 35.5. The van der Waals surface area contributed by atoms with Gasteiger partial charge in [-0.2, -0.15) is 0 Å². The van der Waals surface area contributed by atoms with Crippen LogP contribution in [-0.4, -0.2) is 26.8 Å². The number of aliphatic carboxylic acids is 1. The highest BCUT2D eigenvalue weighted by molar-refractivity contribution is 6.29. The summed E-state index contributed by atoms with van der Waals surface area (Å²) in [5.74, 6) is -1.26. The minimum atomic E-state index is -1.78. The summed E-state index contributed by atoms with van der Waals surface area (Å²) in [4.78, 5) is 14.6. The second kappa shape index (κ2) is 4.16. The van der Waals surface area contributed by atoms with Crippen molar-refractivity contribution >= 4 is 17.6 Å². The topological polar surface area (TPSA) is 70.4 Å². The highest BCUT2D eigenvalue weighted by Gasteiger charge is 2.30. The van der Waals surface area contributed by atoms with E-state index in [1.165, 1.54) is 6.92 Å². The molecular formula is C10H12ClNO3. The molecule has 0 amide bonds. The third-order valence-corrected chi connectivity index (χ3v) is 2.18. The van der Waals surface area contributed by atoms with E-state index in [1.54, 1.807) is 19.1 Å². The molecule has 0 fully saturated rings. The summed E-state index contributed by atoms with van der Waals surface area (Å²) in [7, 11) is 0. The third-order valence-electron chi connectivity index (χ3n) is 1.99. The van der Waals surface area contributed by atoms with E-state index < -0.39 is 11.6 Å².